The van der Waals surface area contributed by atoms with Crippen LogP contribution in [0.15, 0.2) is 23.2 Å². The van der Waals surface area contributed by atoms with Gasteiger partial charge in [-0.25, -0.2) is 0 Å². The van der Waals surface area contributed by atoms with Crippen molar-refractivity contribution in [1.82, 2.24) is 10.2 Å². The molecule has 1 unspecified atom stereocenters. The van der Waals surface area contributed by atoms with E-state index in [4.69, 9.17) is 9.47 Å². The van der Waals surface area contributed by atoms with E-state index in [2.05, 4.69) is 47.3 Å². The number of halogens is 1. The van der Waals surface area contributed by atoms with Gasteiger partial charge in [-0.1, -0.05) is 23.8 Å². The molecule has 2 aliphatic heterocycles. The van der Waals surface area contributed by atoms with Gasteiger partial charge in [0.2, 0.25) is 0 Å². The van der Waals surface area contributed by atoms with Crippen LogP contribution in [0.2, 0.25) is 0 Å². The Labute approximate surface area is 187 Å². The molecule has 0 radical (unpaired) electrons. The van der Waals surface area contributed by atoms with E-state index < -0.39 is 0 Å². The Morgan fingerprint density at radius 3 is 2.64 bits per heavy atom. The molecule has 1 aromatic rings. The topological polar surface area (TPSA) is 46.1 Å². The van der Waals surface area contributed by atoms with E-state index in [1.165, 1.54) is 29.5 Å². The number of ether oxygens (including phenoxy) is 2. The molecule has 0 aromatic heterocycles. The average Bonchev–Trinajstić information content (AvgIpc) is 2.70. The minimum atomic E-state index is 0. The minimum absolute atomic E-state index is 0. The lowest BCUT2D eigenvalue weighted by Crippen LogP contribution is -2.47. The summed E-state index contributed by atoms with van der Waals surface area (Å²) >= 11 is 0. The van der Waals surface area contributed by atoms with Crippen LogP contribution in [0.5, 0.6) is 0 Å². The van der Waals surface area contributed by atoms with Crippen molar-refractivity contribution >= 4 is 29.9 Å². The number of hydrogen-bond acceptors (Lipinski definition) is 3. The third-order valence-electron chi connectivity index (χ3n) is 5.68. The Bertz CT molecular complexity index is 624. The molecule has 0 spiro atoms. The first-order chi connectivity index (χ1) is 13.2. The highest BCUT2D eigenvalue weighted by atomic mass is 127. The van der Waals surface area contributed by atoms with Gasteiger partial charge >= 0.3 is 0 Å². The van der Waals surface area contributed by atoms with Crippen molar-refractivity contribution in [2.45, 2.75) is 64.7 Å². The largest absolute Gasteiger partial charge is 0.376 e. The number of guanidine groups is 1. The summed E-state index contributed by atoms with van der Waals surface area (Å²) in [7, 11) is 1.87. The highest BCUT2D eigenvalue weighted by molar-refractivity contribution is 14.0. The normalized spacial score (nSPS) is 21.3. The third-order valence-corrected chi connectivity index (χ3v) is 5.68. The summed E-state index contributed by atoms with van der Waals surface area (Å²) < 4.78 is 11.9. The van der Waals surface area contributed by atoms with E-state index in [1.54, 1.807) is 0 Å². The summed E-state index contributed by atoms with van der Waals surface area (Å²) in [5.41, 5.74) is 3.96. The molecule has 0 aliphatic carbocycles. The summed E-state index contributed by atoms with van der Waals surface area (Å²) in [6.45, 7) is 8.75. The van der Waals surface area contributed by atoms with E-state index in [0.29, 0.717) is 12.2 Å². The van der Waals surface area contributed by atoms with Crippen LogP contribution in [0, 0.1) is 13.8 Å². The standard InChI is InChI=1S/C22H35N3O2.HI/c1-17-7-8-19(18(2)14-17)15-24-22(23-3)25-11-9-20(10-12-25)27-16-21-6-4-5-13-26-21;/h7-8,14,20-21H,4-6,9-13,15-16H2,1-3H3,(H,23,24);1H. The molecule has 2 saturated heterocycles. The van der Waals surface area contributed by atoms with Gasteiger partial charge in [0.05, 0.1) is 18.8 Å². The summed E-state index contributed by atoms with van der Waals surface area (Å²) in [6.07, 6.45) is 6.38. The maximum Gasteiger partial charge on any atom is 0.193 e. The fraction of sp³-hybridized carbons (Fsp3) is 0.682. The first-order valence-electron chi connectivity index (χ1n) is 10.4. The summed E-state index contributed by atoms with van der Waals surface area (Å²) in [5, 5.41) is 3.53. The smallest absolute Gasteiger partial charge is 0.193 e. The van der Waals surface area contributed by atoms with Crippen molar-refractivity contribution in [3.05, 3.63) is 34.9 Å². The zero-order valence-corrected chi connectivity index (χ0v) is 19.9. The molecule has 28 heavy (non-hydrogen) atoms. The maximum atomic E-state index is 6.13. The molecule has 3 rings (SSSR count). The molecule has 158 valence electrons. The molecular weight excluding hydrogens is 465 g/mol. The first-order valence-corrected chi connectivity index (χ1v) is 10.4. The molecule has 2 fully saturated rings. The SMILES string of the molecule is CN=C(NCc1ccc(C)cc1C)N1CCC(OCC2CCCCO2)CC1.I. The average molecular weight is 501 g/mol. The second-order valence-corrected chi connectivity index (χ2v) is 7.84. The van der Waals surface area contributed by atoms with Crippen LogP contribution < -0.4 is 5.32 Å². The van der Waals surface area contributed by atoms with Crippen LogP contribution in [0.3, 0.4) is 0 Å². The quantitative estimate of drug-likeness (QED) is 0.376. The molecule has 2 aliphatic rings. The number of aryl methyl sites for hydroxylation is 2. The molecule has 1 atom stereocenters. The number of nitrogens with zero attached hydrogens (tertiary/aromatic N) is 2. The van der Waals surface area contributed by atoms with Gasteiger partial charge in [-0.3, -0.25) is 4.99 Å². The van der Waals surface area contributed by atoms with Crippen LogP contribution in [0.25, 0.3) is 0 Å². The summed E-state index contributed by atoms with van der Waals surface area (Å²) in [5.74, 6) is 0.990. The number of nitrogens with one attached hydrogen (secondary N) is 1. The fourth-order valence-corrected chi connectivity index (χ4v) is 3.97. The number of aliphatic imine (C=N–C) groups is 1. The molecule has 6 heteroatoms. The van der Waals surface area contributed by atoms with Crippen molar-refractivity contribution in [3.8, 4) is 0 Å². The molecule has 0 bridgehead atoms. The molecule has 0 amide bonds. The minimum Gasteiger partial charge on any atom is -0.376 e. The van der Waals surface area contributed by atoms with Gasteiger partial charge in [-0.2, -0.15) is 0 Å². The van der Waals surface area contributed by atoms with Crippen molar-refractivity contribution in [2.75, 3.05) is 33.4 Å². The Hall–Kier alpha value is -0.860. The number of rotatable bonds is 5. The van der Waals surface area contributed by atoms with Gasteiger partial charge in [0.1, 0.15) is 0 Å². The van der Waals surface area contributed by atoms with Crippen LogP contribution in [-0.4, -0.2) is 56.4 Å². The van der Waals surface area contributed by atoms with Crippen LogP contribution in [0.4, 0.5) is 0 Å². The van der Waals surface area contributed by atoms with Crippen LogP contribution in [-0.2, 0) is 16.0 Å². The monoisotopic (exact) mass is 501 g/mol. The van der Waals surface area contributed by atoms with Crippen LogP contribution in [0.1, 0.15) is 48.8 Å². The zero-order valence-electron chi connectivity index (χ0n) is 17.6. The van der Waals surface area contributed by atoms with E-state index >= 15 is 0 Å². The highest BCUT2D eigenvalue weighted by Crippen LogP contribution is 2.18. The summed E-state index contributed by atoms with van der Waals surface area (Å²) in [6, 6.07) is 6.61. The number of hydrogen-bond donors (Lipinski definition) is 1. The molecule has 0 saturated carbocycles. The Kier molecular flexibility index (Phi) is 10.0. The second-order valence-electron chi connectivity index (χ2n) is 7.84. The van der Waals surface area contributed by atoms with Gasteiger partial charge in [0, 0.05) is 33.3 Å². The van der Waals surface area contributed by atoms with Gasteiger partial charge in [0.15, 0.2) is 5.96 Å². The van der Waals surface area contributed by atoms with Gasteiger partial charge in [-0.15, -0.1) is 24.0 Å². The highest BCUT2D eigenvalue weighted by Gasteiger charge is 2.23. The second kappa shape index (κ2) is 12.0. The van der Waals surface area contributed by atoms with Crippen molar-refractivity contribution < 1.29 is 9.47 Å². The van der Waals surface area contributed by atoms with Gasteiger partial charge < -0.3 is 19.7 Å². The molecule has 1 aromatic carbocycles. The van der Waals surface area contributed by atoms with Gasteiger partial charge in [-0.05, 0) is 57.1 Å². The number of likely N-dealkylation sites (tertiary alicyclic amines) is 1. The number of benzene rings is 1. The van der Waals surface area contributed by atoms with Crippen molar-refractivity contribution in [1.29, 1.82) is 0 Å². The molecular formula is C22H36IN3O2. The first kappa shape index (κ1) is 23.4. The van der Waals surface area contributed by atoms with Gasteiger partial charge in [0.25, 0.3) is 0 Å². The van der Waals surface area contributed by atoms with E-state index in [9.17, 15) is 0 Å². The molecule has 1 N–H and O–H groups in total. The van der Waals surface area contributed by atoms with Crippen molar-refractivity contribution in [3.63, 3.8) is 0 Å². The Morgan fingerprint density at radius 2 is 2.00 bits per heavy atom. The Balaban J connectivity index is 0.00000280. The predicted molar refractivity (Wildman–Crippen MR) is 126 cm³/mol. The van der Waals surface area contributed by atoms with E-state index in [1.807, 2.05) is 7.05 Å². The number of piperidine rings is 1. The summed E-state index contributed by atoms with van der Waals surface area (Å²) in [4.78, 5) is 6.84. The lowest BCUT2D eigenvalue weighted by atomic mass is 10.1. The predicted octanol–water partition coefficient (Wildman–Crippen LogP) is 4.05. The van der Waals surface area contributed by atoms with Crippen molar-refractivity contribution in [2.24, 2.45) is 4.99 Å². The maximum absolute atomic E-state index is 6.13. The third kappa shape index (κ3) is 6.88. The Morgan fingerprint density at radius 1 is 1.21 bits per heavy atom. The zero-order chi connectivity index (χ0) is 19.1. The van der Waals surface area contributed by atoms with E-state index in [0.717, 1.165) is 58.1 Å². The van der Waals surface area contributed by atoms with E-state index in [-0.39, 0.29) is 24.0 Å². The molecule has 2 heterocycles. The lowest BCUT2D eigenvalue weighted by molar-refractivity contribution is -0.0721. The lowest BCUT2D eigenvalue weighted by Gasteiger charge is -2.35. The molecule has 5 nitrogen and oxygen atoms in total. The fourth-order valence-electron chi connectivity index (χ4n) is 3.97. The van der Waals surface area contributed by atoms with Crippen LogP contribution >= 0.6 is 24.0 Å².